The highest BCUT2D eigenvalue weighted by molar-refractivity contribution is 5.44. The first-order valence-electron chi connectivity index (χ1n) is 5.15. The maximum atomic E-state index is 9.53. The summed E-state index contributed by atoms with van der Waals surface area (Å²) in [5, 5.41) is 18.8. The first kappa shape index (κ1) is 10.9. The molecule has 2 N–H and O–H groups in total. The van der Waals surface area contributed by atoms with Gasteiger partial charge in [0, 0.05) is 0 Å². The van der Waals surface area contributed by atoms with Crippen LogP contribution in [0.3, 0.4) is 0 Å². The summed E-state index contributed by atoms with van der Waals surface area (Å²) in [5.41, 5.74) is 0.838. The predicted molar refractivity (Wildman–Crippen MR) is 57.5 cm³/mol. The Bertz CT molecular complexity index is 294. The van der Waals surface area contributed by atoms with E-state index in [2.05, 4.69) is 13.8 Å². The highest BCUT2D eigenvalue weighted by atomic mass is 16.3. The Hall–Kier alpha value is -1.18. The molecule has 0 unspecified atom stereocenters. The van der Waals surface area contributed by atoms with Crippen LogP contribution in [0.2, 0.25) is 0 Å². The summed E-state index contributed by atoms with van der Waals surface area (Å²) in [6.07, 6.45) is 3.03. The molecule has 0 aliphatic carbocycles. The van der Waals surface area contributed by atoms with E-state index in [1.165, 1.54) is 6.07 Å². The van der Waals surface area contributed by atoms with Crippen molar-refractivity contribution in [2.45, 2.75) is 33.1 Å². The Morgan fingerprint density at radius 1 is 1.29 bits per heavy atom. The molecule has 0 fully saturated rings. The van der Waals surface area contributed by atoms with Crippen molar-refractivity contribution in [1.29, 1.82) is 0 Å². The first-order valence-corrected chi connectivity index (χ1v) is 5.15. The van der Waals surface area contributed by atoms with Gasteiger partial charge in [-0.3, -0.25) is 0 Å². The van der Waals surface area contributed by atoms with Gasteiger partial charge in [0.05, 0.1) is 0 Å². The van der Waals surface area contributed by atoms with E-state index in [1.54, 1.807) is 6.07 Å². The zero-order valence-electron chi connectivity index (χ0n) is 8.83. The molecule has 0 amide bonds. The van der Waals surface area contributed by atoms with E-state index < -0.39 is 0 Å². The predicted octanol–water partition coefficient (Wildman–Crippen LogP) is 3.08. The molecule has 2 nitrogen and oxygen atoms in total. The number of phenolic OH excluding ortho intramolecular Hbond substituents is 2. The van der Waals surface area contributed by atoms with E-state index in [9.17, 15) is 10.2 Å². The molecule has 0 heterocycles. The van der Waals surface area contributed by atoms with Gasteiger partial charge in [0.2, 0.25) is 0 Å². The lowest BCUT2D eigenvalue weighted by atomic mass is 9.98. The Kier molecular flexibility index (Phi) is 3.81. The van der Waals surface area contributed by atoms with E-state index in [-0.39, 0.29) is 11.5 Å². The zero-order valence-corrected chi connectivity index (χ0v) is 8.83. The van der Waals surface area contributed by atoms with Gasteiger partial charge in [0.15, 0.2) is 11.5 Å². The average Bonchev–Trinajstić information content (AvgIpc) is 2.20. The molecule has 0 saturated heterocycles. The molecular weight excluding hydrogens is 176 g/mol. The standard InChI is InChI=1S/C12H18O2/c1-3-9(2)7-8-10-5-4-6-11(13)12(10)14/h4-6,9,13-14H,3,7-8H2,1-2H3/t9-/m1/s1. The van der Waals surface area contributed by atoms with Gasteiger partial charge in [-0.05, 0) is 30.4 Å². The number of phenols is 2. The lowest BCUT2D eigenvalue weighted by molar-refractivity contribution is 0.396. The van der Waals surface area contributed by atoms with Crippen LogP contribution < -0.4 is 0 Å². The lowest BCUT2D eigenvalue weighted by Crippen LogP contribution is -1.95. The van der Waals surface area contributed by atoms with Crippen molar-refractivity contribution in [2.24, 2.45) is 5.92 Å². The second kappa shape index (κ2) is 4.89. The molecule has 0 radical (unpaired) electrons. The molecule has 1 aromatic carbocycles. The van der Waals surface area contributed by atoms with Crippen molar-refractivity contribution >= 4 is 0 Å². The smallest absolute Gasteiger partial charge is 0.160 e. The Balaban J connectivity index is 2.63. The SMILES string of the molecule is CC[C@@H](C)CCc1cccc(O)c1O. The molecule has 78 valence electrons. The summed E-state index contributed by atoms with van der Waals surface area (Å²) < 4.78 is 0. The Labute approximate surface area is 85.2 Å². The third-order valence-corrected chi connectivity index (χ3v) is 2.70. The maximum Gasteiger partial charge on any atom is 0.160 e. The summed E-state index contributed by atoms with van der Waals surface area (Å²) in [7, 11) is 0. The summed E-state index contributed by atoms with van der Waals surface area (Å²) in [5.74, 6) is 0.680. The number of aromatic hydroxyl groups is 2. The number of hydrogen-bond donors (Lipinski definition) is 2. The molecule has 0 aromatic heterocycles. The molecule has 1 rings (SSSR count). The highest BCUT2D eigenvalue weighted by Gasteiger charge is 2.06. The minimum absolute atomic E-state index is 0.0216. The van der Waals surface area contributed by atoms with Gasteiger partial charge < -0.3 is 10.2 Å². The van der Waals surface area contributed by atoms with Crippen LogP contribution in [-0.4, -0.2) is 10.2 Å². The van der Waals surface area contributed by atoms with Crippen LogP contribution in [-0.2, 0) is 6.42 Å². The average molecular weight is 194 g/mol. The van der Waals surface area contributed by atoms with Crippen molar-refractivity contribution in [1.82, 2.24) is 0 Å². The molecule has 0 aliphatic rings. The molecule has 1 atom stereocenters. The van der Waals surface area contributed by atoms with Crippen molar-refractivity contribution in [3.63, 3.8) is 0 Å². The third kappa shape index (κ3) is 2.66. The van der Waals surface area contributed by atoms with E-state index >= 15 is 0 Å². The van der Waals surface area contributed by atoms with Crippen molar-refractivity contribution in [2.75, 3.05) is 0 Å². The summed E-state index contributed by atoms with van der Waals surface area (Å²) in [6.45, 7) is 4.35. The van der Waals surface area contributed by atoms with Crippen LogP contribution in [0.25, 0.3) is 0 Å². The largest absolute Gasteiger partial charge is 0.504 e. The van der Waals surface area contributed by atoms with Crippen LogP contribution >= 0.6 is 0 Å². The van der Waals surface area contributed by atoms with Gasteiger partial charge in [-0.2, -0.15) is 0 Å². The lowest BCUT2D eigenvalue weighted by Gasteiger charge is -2.09. The van der Waals surface area contributed by atoms with Crippen molar-refractivity contribution in [3.05, 3.63) is 23.8 Å². The topological polar surface area (TPSA) is 40.5 Å². The summed E-state index contributed by atoms with van der Waals surface area (Å²) >= 11 is 0. The molecule has 1 aromatic rings. The van der Waals surface area contributed by atoms with E-state index in [1.807, 2.05) is 6.07 Å². The fourth-order valence-corrected chi connectivity index (χ4v) is 1.39. The molecule has 0 saturated carbocycles. The Morgan fingerprint density at radius 2 is 2.00 bits per heavy atom. The van der Waals surface area contributed by atoms with Gasteiger partial charge in [-0.15, -0.1) is 0 Å². The minimum atomic E-state index is -0.0216. The van der Waals surface area contributed by atoms with Gasteiger partial charge in [0.25, 0.3) is 0 Å². The number of para-hydroxylation sites is 1. The van der Waals surface area contributed by atoms with Gasteiger partial charge in [-0.1, -0.05) is 32.4 Å². The van der Waals surface area contributed by atoms with Crippen LogP contribution in [0.5, 0.6) is 11.5 Å². The number of aryl methyl sites for hydroxylation is 1. The third-order valence-electron chi connectivity index (χ3n) is 2.70. The van der Waals surface area contributed by atoms with Crippen molar-refractivity contribution in [3.8, 4) is 11.5 Å². The summed E-state index contributed by atoms with van der Waals surface area (Å²) in [6, 6.07) is 5.13. The highest BCUT2D eigenvalue weighted by Crippen LogP contribution is 2.29. The van der Waals surface area contributed by atoms with Gasteiger partial charge >= 0.3 is 0 Å². The zero-order chi connectivity index (χ0) is 10.6. The Morgan fingerprint density at radius 3 is 2.64 bits per heavy atom. The number of hydrogen-bond acceptors (Lipinski definition) is 2. The number of rotatable bonds is 4. The van der Waals surface area contributed by atoms with Crippen molar-refractivity contribution < 1.29 is 10.2 Å². The minimum Gasteiger partial charge on any atom is -0.504 e. The maximum absolute atomic E-state index is 9.53. The van der Waals surface area contributed by atoms with Crippen LogP contribution in [0.4, 0.5) is 0 Å². The van der Waals surface area contributed by atoms with Gasteiger partial charge in [0.1, 0.15) is 0 Å². The normalized spacial score (nSPS) is 12.7. The second-order valence-corrected chi connectivity index (χ2v) is 3.84. The fourth-order valence-electron chi connectivity index (χ4n) is 1.39. The first-order chi connectivity index (χ1) is 6.65. The molecule has 14 heavy (non-hydrogen) atoms. The van der Waals surface area contributed by atoms with E-state index in [0.29, 0.717) is 5.92 Å². The van der Waals surface area contributed by atoms with Gasteiger partial charge in [-0.25, -0.2) is 0 Å². The van der Waals surface area contributed by atoms with Crippen LogP contribution in [0, 0.1) is 5.92 Å². The quantitative estimate of drug-likeness (QED) is 0.723. The monoisotopic (exact) mass is 194 g/mol. The molecule has 0 aliphatic heterocycles. The van der Waals surface area contributed by atoms with Crippen LogP contribution in [0.1, 0.15) is 32.3 Å². The van der Waals surface area contributed by atoms with E-state index in [0.717, 1.165) is 24.8 Å². The molecule has 0 spiro atoms. The molecule has 2 heteroatoms. The fraction of sp³-hybridized carbons (Fsp3) is 0.500. The van der Waals surface area contributed by atoms with Crippen LogP contribution in [0.15, 0.2) is 18.2 Å². The second-order valence-electron chi connectivity index (χ2n) is 3.84. The molecular formula is C12H18O2. The summed E-state index contributed by atoms with van der Waals surface area (Å²) in [4.78, 5) is 0. The number of benzene rings is 1. The molecule has 0 bridgehead atoms. The van der Waals surface area contributed by atoms with E-state index in [4.69, 9.17) is 0 Å².